The molecule has 0 heterocycles. The molecule has 0 aliphatic rings. The topological polar surface area (TPSA) is 12.0 Å². The summed E-state index contributed by atoms with van der Waals surface area (Å²) in [7, 11) is 0. The molecule has 0 spiro atoms. The molecular weight excluding hydrogens is 297 g/mol. The number of nitrogens with one attached hydrogen (secondary N) is 1. The molecule has 0 bridgehead atoms. The van der Waals surface area contributed by atoms with Gasteiger partial charge < -0.3 is 5.32 Å². The molecule has 1 atom stereocenters. The van der Waals surface area contributed by atoms with Gasteiger partial charge in [-0.25, -0.2) is 0 Å². The van der Waals surface area contributed by atoms with Gasteiger partial charge in [0.2, 0.25) is 0 Å². The third-order valence-electron chi connectivity index (χ3n) is 2.73. The largest absolute Gasteiger partial charge is 0.310 e. The number of hydrogen-bond acceptors (Lipinski definition) is 1. The lowest BCUT2D eigenvalue weighted by Gasteiger charge is -2.20. The van der Waals surface area contributed by atoms with Crippen molar-refractivity contribution >= 4 is 22.6 Å². The zero-order valence-electron chi connectivity index (χ0n) is 9.76. The minimum absolute atomic E-state index is 0.629. The highest BCUT2D eigenvalue weighted by Gasteiger charge is 2.09. The second-order valence-electron chi connectivity index (χ2n) is 4.27. The molecule has 1 aromatic carbocycles. The summed E-state index contributed by atoms with van der Waals surface area (Å²) >= 11 is 2.34. The Morgan fingerprint density at radius 3 is 2.27 bits per heavy atom. The minimum atomic E-state index is 0.629. The van der Waals surface area contributed by atoms with E-state index >= 15 is 0 Å². The summed E-state index contributed by atoms with van der Waals surface area (Å²) in [5.74, 6) is 0.707. The molecule has 1 nitrogen and oxygen atoms in total. The van der Waals surface area contributed by atoms with Crippen LogP contribution >= 0.6 is 22.6 Å². The van der Waals surface area contributed by atoms with E-state index in [4.69, 9.17) is 0 Å². The van der Waals surface area contributed by atoms with E-state index in [0.717, 1.165) is 6.54 Å². The molecule has 1 N–H and O–H groups in total. The van der Waals surface area contributed by atoms with Crippen LogP contribution in [0.15, 0.2) is 24.3 Å². The number of rotatable bonds is 5. The molecule has 0 radical (unpaired) electrons. The van der Waals surface area contributed by atoms with Gasteiger partial charge in [-0.15, -0.1) is 0 Å². The second-order valence-corrected chi connectivity index (χ2v) is 5.51. The highest BCUT2D eigenvalue weighted by atomic mass is 127. The summed E-state index contributed by atoms with van der Waals surface area (Å²) < 4.78 is 1.30. The van der Waals surface area contributed by atoms with Gasteiger partial charge in [0.25, 0.3) is 0 Å². The Morgan fingerprint density at radius 1 is 1.20 bits per heavy atom. The van der Waals surface area contributed by atoms with Crippen molar-refractivity contribution in [3.8, 4) is 0 Å². The molecule has 15 heavy (non-hydrogen) atoms. The standard InChI is InChI=1S/C13H20IN/c1-4-13(10(2)3)15-9-11-5-7-12(14)8-6-11/h5-8,10,13,15H,4,9H2,1-3H3. The molecule has 0 fully saturated rings. The van der Waals surface area contributed by atoms with Crippen LogP contribution in [0.25, 0.3) is 0 Å². The minimum Gasteiger partial charge on any atom is -0.310 e. The van der Waals surface area contributed by atoms with Crippen molar-refractivity contribution < 1.29 is 0 Å². The molecule has 0 aromatic heterocycles. The van der Waals surface area contributed by atoms with Gasteiger partial charge in [-0.2, -0.15) is 0 Å². The quantitative estimate of drug-likeness (QED) is 0.814. The Labute approximate surface area is 107 Å². The van der Waals surface area contributed by atoms with Crippen LogP contribution < -0.4 is 5.32 Å². The summed E-state index contributed by atoms with van der Waals surface area (Å²) in [5.41, 5.74) is 1.37. The van der Waals surface area contributed by atoms with Gasteiger partial charge >= 0.3 is 0 Å². The Morgan fingerprint density at radius 2 is 1.80 bits per heavy atom. The Kier molecular flexibility index (Phi) is 5.61. The van der Waals surface area contributed by atoms with E-state index in [1.807, 2.05) is 0 Å². The molecule has 0 aliphatic carbocycles. The molecule has 0 saturated carbocycles. The van der Waals surface area contributed by atoms with Crippen molar-refractivity contribution in [2.24, 2.45) is 5.92 Å². The van der Waals surface area contributed by atoms with E-state index in [2.05, 4.69) is 72.9 Å². The average molecular weight is 317 g/mol. The normalized spacial score (nSPS) is 13.1. The van der Waals surface area contributed by atoms with Crippen LogP contribution in [0, 0.1) is 9.49 Å². The molecule has 0 amide bonds. The van der Waals surface area contributed by atoms with Crippen LogP contribution in [0.5, 0.6) is 0 Å². The van der Waals surface area contributed by atoms with E-state index in [0.29, 0.717) is 12.0 Å². The second kappa shape index (κ2) is 6.48. The van der Waals surface area contributed by atoms with E-state index in [9.17, 15) is 0 Å². The van der Waals surface area contributed by atoms with E-state index in [-0.39, 0.29) is 0 Å². The first-order valence-electron chi connectivity index (χ1n) is 5.61. The Bertz CT molecular complexity index is 279. The van der Waals surface area contributed by atoms with Crippen molar-refractivity contribution in [1.29, 1.82) is 0 Å². The Hall–Kier alpha value is -0.0900. The van der Waals surface area contributed by atoms with Gasteiger partial charge in [-0.3, -0.25) is 0 Å². The SMILES string of the molecule is CCC(NCc1ccc(I)cc1)C(C)C. The molecule has 1 rings (SSSR count). The van der Waals surface area contributed by atoms with Crippen LogP contribution in [0.1, 0.15) is 32.8 Å². The van der Waals surface area contributed by atoms with Crippen LogP contribution in [0.2, 0.25) is 0 Å². The highest BCUT2D eigenvalue weighted by molar-refractivity contribution is 14.1. The molecule has 2 heteroatoms. The molecule has 0 saturated heterocycles. The van der Waals surface area contributed by atoms with Crippen molar-refractivity contribution in [3.05, 3.63) is 33.4 Å². The zero-order chi connectivity index (χ0) is 11.3. The maximum atomic E-state index is 3.60. The average Bonchev–Trinajstić information content (AvgIpc) is 2.21. The van der Waals surface area contributed by atoms with E-state index in [1.165, 1.54) is 15.6 Å². The first-order chi connectivity index (χ1) is 7.13. The monoisotopic (exact) mass is 317 g/mol. The van der Waals surface area contributed by atoms with Crippen LogP contribution in [0.4, 0.5) is 0 Å². The summed E-state index contributed by atoms with van der Waals surface area (Å²) in [6, 6.07) is 9.34. The van der Waals surface area contributed by atoms with Gasteiger partial charge in [0, 0.05) is 16.2 Å². The van der Waals surface area contributed by atoms with Crippen molar-refractivity contribution in [3.63, 3.8) is 0 Å². The lowest BCUT2D eigenvalue weighted by Crippen LogP contribution is -2.32. The lowest BCUT2D eigenvalue weighted by atomic mass is 10.0. The van der Waals surface area contributed by atoms with Gasteiger partial charge in [0.05, 0.1) is 0 Å². The lowest BCUT2D eigenvalue weighted by molar-refractivity contribution is 0.387. The fourth-order valence-electron chi connectivity index (χ4n) is 1.70. The summed E-state index contributed by atoms with van der Waals surface area (Å²) in [4.78, 5) is 0. The summed E-state index contributed by atoms with van der Waals surface area (Å²) in [6.45, 7) is 7.77. The number of halogens is 1. The van der Waals surface area contributed by atoms with Crippen LogP contribution in [-0.2, 0) is 6.54 Å². The highest BCUT2D eigenvalue weighted by Crippen LogP contribution is 2.09. The third-order valence-corrected chi connectivity index (χ3v) is 3.45. The van der Waals surface area contributed by atoms with E-state index in [1.54, 1.807) is 0 Å². The summed E-state index contributed by atoms with van der Waals surface area (Å²) in [5, 5.41) is 3.60. The van der Waals surface area contributed by atoms with Crippen molar-refractivity contribution in [2.75, 3.05) is 0 Å². The van der Waals surface area contributed by atoms with Gasteiger partial charge in [-0.1, -0.05) is 32.9 Å². The van der Waals surface area contributed by atoms with E-state index < -0.39 is 0 Å². The fraction of sp³-hybridized carbons (Fsp3) is 0.538. The fourth-order valence-corrected chi connectivity index (χ4v) is 2.06. The van der Waals surface area contributed by atoms with Crippen molar-refractivity contribution in [2.45, 2.75) is 39.8 Å². The summed E-state index contributed by atoms with van der Waals surface area (Å²) in [6.07, 6.45) is 1.20. The van der Waals surface area contributed by atoms with Gasteiger partial charge in [0.15, 0.2) is 0 Å². The molecule has 1 aromatic rings. The maximum absolute atomic E-state index is 3.60. The molecule has 0 aliphatic heterocycles. The Balaban J connectivity index is 2.45. The smallest absolute Gasteiger partial charge is 0.0208 e. The van der Waals surface area contributed by atoms with Gasteiger partial charge in [-0.05, 0) is 52.6 Å². The van der Waals surface area contributed by atoms with Crippen LogP contribution in [-0.4, -0.2) is 6.04 Å². The molecular formula is C13H20IN. The third kappa shape index (κ3) is 4.51. The first-order valence-corrected chi connectivity index (χ1v) is 6.69. The molecule has 1 unspecified atom stereocenters. The maximum Gasteiger partial charge on any atom is 0.0208 e. The molecule has 84 valence electrons. The van der Waals surface area contributed by atoms with Crippen LogP contribution in [0.3, 0.4) is 0 Å². The van der Waals surface area contributed by atoms with Crippen molar-refractivity contribution in [1.82, 2.24) is 5.32 Å². The predicted molar refractivity (Wildman–Crippen MR) is 74.9 cm³/mol. The first kappa shape index (κ1) is 13.0. The van der Waals surface area contributed by atoms with Gasteiger partial charge in [0.1, 0.15) is 0 Å². The number of hydrogen-bond donors (Lipinski definition) is 1. The predicted octanol–water partition coefficient (Wildman–Crippen LogP) is 3.82. The number of benzene rings is 1. The zero-order valence-corrected chi connectivity index (χ0v) is 11.9.